The van der Waals surface area contributed by atoms with Gasteiger partial charge in [-0.25, -0.2) is 4.79 Å². The maximum absolute atomic E-state index is 12.4. The molecule has 6 heteroatoms. The monoisotopic (exact) mass is 356 g/mol. The van der Waals surface area contributed by atoms with E-state index < -0.39 is 18.0 Å². The van der Waals surface area contributed by atoms with Crippen molar-refractivity contribution in [1.29, 1.82) is 0 Å². The minimum Gasteiger partial charge on any atom is -0.449 e. The van der Waals surface area contributed by atoms with Crippen LogP contribution in [0.25, 0.3) is 10.9 Å². The van der Waals surface area contributed by atoms with Gasteiger partial charge in [0.05, 0.1) is 5.56 Å². The highest BCUT2D eigenvalue weighted by Crippen LogP contribution is 2.21. The molecular weight excluding hydrogens is 340 g/mol. The quantitative estimate of drug-likeness (QED) is 0.684. The number of aromatic amines is 1. The number of hydrogen-bond donors (Lipinski definition) is 2. The molecule has 2 N–H and O–H groups in total. The molecule has 128 valence electrons. The highest BCUT2D eigenvalue weighted by molar-refractivity contribution is 6.31. The van der Waals surface area contributed by atoms with E-state index in [1.165, 1.54) is 6.92 Å². The van der Waals surface area contributed by atoms with E-state index >= 15 is 0 Å². The van der Waals surface area contributed by atoms with Gasteiger partial charge in [0.2, 0.25) is 0 Å². The van der Waals surface area contributed by atoms with Gasteiger partial charge in [-0.3, -0.25) is 4.79 Å². The summed E-state index contributed by atoms with van der Waals surface area (Å²) < 4.78 is 5.30. The number of anilines is 1. The molecule has 1 atom stereocenters. The molecule has 0 spiro atoms. The third-order valence-electron chi connectivity index (χ3n) is 3.92. The summed E-state index contributed by atoms with van der Waals surface area (Å²) in [5, 5.41) is 4.00. The fourth-order valence-corrected chi connectivity index (χ4v) is 2.65. The molecule has 1 unspecified atom stereocenters. The number of hydrogen-bond acceptors (Lipinski definition) is 3. The number of amides is 1. The molecule has 0 aliphatic rings. The summed E-state index contributed by atoms with van der Waals surface area (Å²) in [7, 11) is 0. The van der Waals surface area contributed by atoms with Crippen molar-refractivity contribution in [2.45, 2.75) is 20.0 Å². The zero-order valence-corrected chi connectivity index (χ0v) is 14.6. The highest BCUT2D eigenvalue weighted by atomic mass is 35.5. The van der Waals surface area contributed by atoms with Gasteiger partial charge in [0.1, 0.15) is 0 Å². The van der Waals surface area contributed by atoms with E-state index in [2.05, 4.69) is 10.3 Å². The molecule has 2 aromatic carbocycles. The summed E-state index contributed by atoms with van der Waals surface area (Å²) in [4.78, 5) is 27.7. The Morgan fingerprint density at radius 2 is 1.96 bits per heavy atom. The molecular formula is C19H17ClN2O3. The number of ether oxygens (including phenoxy) is 1. The minimum atomic E-state index is -0.945. The summed E-state index contributed by atoms with van der Waals surface area (Å²) in [6, 6.07) is 12.6. The van der Waals surface area contributed by atoms with Gasteiger partial charge >= 0.3 is 5.97 Å². The first kappa shape index (κ1) is 17.0. The Bertz CT molecular complexity index is 949. The van der Waals surface area contributed by atoms with Crippen molar-refractivity contribution in [3.8, 4) is 0 Å². The SMILES string of the molecule is Cc1ccc(Cl)cc1NC(=O)C(C)OC(=O)c1c[nH]c2ccccc12. The van der Waals surface area contributed by atoms with Crippen LogP contribution in [0.3, 0.4) is 0 Å². The third-order valence-corrected chi connectivity index (χ3v) is 4.15. The molecule has 0 aliphatic carbocycles. The second-order valence-corrected chi connectivity index (χ2v) is 6.18. The largest absolute Gasteiger partial charge is 0.449 e. The van der Waals surface area contributed by atoms with Crippen LogP contribution in [0.4, 0.5) is 5.69 Å². The van der Waals surface area contributed by atoms with Crippen molar-refractivity contribution in [3.05, 3.63) is 64.8 Å². The van der Waals surface area contributed by atoms with Gasteiger partial charge in [0.15, 0.2) is 6.10 Å². The van der Waals surface area contributed by atoms with E-state index in [0.29, 0.717) is 16.3 Å². The molecule has 1 amide bonds. The molecule has 3 aromatic rings. The summed E-state index contributed by atoms with van der Waals surface area (Å²) in [5.41, 5.74) is 2.69. The van der Waals surface area contributed by atoms with Crippen LogP contribution in [0.2, 0.25) is 5.02 Å². The summed E-state index contributed by atoms with van der Waals surface area (Å²) in [6.07, 6.45) is 0.637. The number of fused-ring (bicyclic) bond motifs is 1. The van der Waals surface area contributed by atoms with E-state index in [1.807, 2.05) is 31.2 Å². The molecule has 1 heterocycles. The number of halogens is 1. The Morgan fingerprint density at radius 3 is 2.76 bits per heavy atom. The van der Waals surface area contributed by atoms with Crippen molar-refractivity contribution < 1.29 is 14.3 Å². The Kier molecular flexibility index (Phi) is 4.76. The lowest BCUT2D eigenvalue weighted by molar-refractivity contribution is -0.123. The normalized spacial score (nSPS) is 12.0. The van der Waals surface area contributed by atoms with Crippen molar-refractivity contribution in [1.82, 2.24) is 4.98 Å². The molecule has 1 aromatic heterocycles. The third kappa shape index (κ3) is 3.67. The fourth-order valence-electron chi connectivity index (χ4n) is 2.48. The average molecular weight is 357 g/mol. The lowest BCUT2D eigenvalue weighted by atomic mass is 10.2. The molecule has 3 rings (SSSR count). The maximum Gasteiger partial charge on any atom is 0.341 e. The average Bonchev–Trinajstić information content (AvgIpc) is 3.02. The van der Waals surface area contributed by atoms with Crippen LogP contribution in [0.5, 0.6) is 0 Å². The number of esters is 1. The first-order valence-electron chi connectivity index (χ1n) is 7.80. The van der Waals surface area contributed by atoms with Crippen LogP contribution in [0.15, 0.2) is 48.7 Å². The van der Waals surface area contributed by atoms with E-state index in [1.54, 1.807) is 24.4 Å². The van der Waals surface area contributed by atoms with Crippen LogP contribution >= 0.6 is 11.6 Å². The smallest absolute Gasteiger partial charge is 0.341 e. The van der Waals surface area contributed by atoms with Gasteiger partial charge < -0.3 is 15.0 Å². The fraction of sp³-hybridized carbons (Fsp3) is 0.158. The van der Waals surface area contributed by atoms with Crippen molar-refractivity contribution in [2.24, 2.45) is 0 Å². The standard InChI is InChI=1S/C19H17ClN2O3/c1-11-7-8-13(20)9-17(11)22-18(23)12(2)25-19(24)15-10-21-16-6-4-3-5-14(15)16/h3-10,12,21H,1-2H3,(H,22,23). The topological polar surface area (TPSA) is 71.2 Å². The second kappa shape index (κ2) is 6.99. The number of H-pyrrole nitrogens is 1. The van der Waals surface area contributed by atoms with Gasteiger partial charge in [-0.2, -0.15) is 0 Å². The van der Waals surface area contributed by atoms with Crippen molar-refractivity contribution in [3.63, 3.8) is 0 Å². The summed E-state index contributed by atoms with van der Waals surface area (Å²) in [6.45, 7) is 3.39. The Morgan fingerprint density at radius 1 is 1.20 bits per heavy atom. The number of rotatable bonds is 4. The van der Waals surface area contributed by atoms with Gasteiger partial charge in [0.25, 0.3) is 5.91 Å². The van der Waals surface area contributed by atoms with E-state index in [-0.39, 0.29) is 0 Å². The number of carbonyl (C=O) groups is 2. The number of benzene rings is 2. The zero-order valence-electron chi connectivity index (χ0n) is 13.8. The number of nitrogens with one attached hydrogen (secondary N) is 2. The lowest BCUT2D eigenvalue weighted by Gasteiger charge is -2.14. The van der Waals surface area contributed by atoms with Crippen LogP contribution in [0.1, 0.15) is 22.8 Å². The molecule has 0 aliphatic heterocycles. The van der Waals surface area contributed by atoms with Crippen molar-refractivity contribution >= 4 is 40.1 Å². The summed E-state index contributed by atoms with van der Waals surface area (Å²) >= 11 is 5.95. The Balaban J connectivity index is 1.71. The number of aromatic nitrogens is 1. The van der Waals surface area contributed by atoms with Crippen LogP contribution < -0.4 is 5.32 Å². The minimum absolute atomic E-state index is 0.397. The summed E-state index contributed by atoms with van der Waals surface area (Å²) in [5.74, 6) is -0.971. The predicted molar refractivity (Wildman–Crippen MR) is 98.0 cm³/mol. The molecule has 0 fully saturated rings. The maximum atomic E-state index is 12.4. The predicted octanol–water partition coefficient (Wildman–Crippen LogP) is 4.31. The van der Waals surface area contributed by atoms with Crippen molar-refractivity contribution in [2.75, 3.05) is 5.32 Å². The van der Waals surface area contributed by atoms with E-state index in [0.717, 1.165) is 16.5 Å². The number of para-hydroxylation sites is 1. The van der Waals surface area contributed by atoms with Gasteiger partial charge in [-0.1, -0.05) is 35.9 Å². The molecule has 25 heavy (non-hydrogen) atoms. The van der Waals surface area contributed by atoms with Crippen LogP contribution in [0, 0.1) is 6.92 Å². The van der Waals surface area contributed by atoms with Gasteiger partial charge in [0, 0.05) is 27.8 Å². The first-order valence-corrected chi connectivity index (χ1v) is 8.17. The molecule has 0 radical (unpaired) electrons. The van der Waals surface area contributed by atoms with E-state index in [4.69, 9.17) is 16.3 Å². The first-order chi connectivity index (χ1) is 12.0. The van der Waals surface area contributed by atoms with E-state index in [9.17, 15) is 9.59 Å². The Hall–Kier alpha value is -2.79. The molecule has 5 nitrogen and oxygen atoms in total. The second-order valence-electron chi connectivity index (χ2n) is 5.74. The van der Waals surface area contributed by atoms with Gasteiger partial charge in [-0.05, 0) is 37.6 Å². The van der Waals surface area contributed by atoms with Gasteiger partial charge in [-0.15, -0.1) is 0 Å². The number of carbonyl (C=O) groups excluding carboxylic acids is 2. The Labute approximate surface area is 149 Å². The molecule has 0 saturated heterocycles. The highest BCUT2D eigenvalue weighted by Gasteiger charge is 2.21. The van der Waals surface area contributed by atoms with Crippen LogP contribution in [-0.4, -0.2) is 23.0 Å². The molecule has 0 bridgehead atoms. The lowest BCUT2D eigenvalue weighted by Crippen LogP contribution is -2.30. The van der Waals surface area contributed by atoms with Crippen LogP contribution in [-0.2, 0) is 9.53 Å². The number of aryl methyl sites for hydroxylation is 1. The zero-order chi connectivity index (χ0) is 18.0. The molecule has 0 saturated carbocycles.